The van der Waals surface area contributed by atoms with E-state index >= 15 is 0 Å². The summed E-state index contributed by atoms with van der Waals surface area (Å²) in [5, 5.41) is 9.73. The standard InChI is InChI=1S/C23H26N4O2/c1-16-12-13-25-27(16)20-7-5-6-19(14-20)26-21(28)15-24-22(29)17-8-10-18(11-9-17)23(2,3)4/h5-14H,15H2,1-4H3,(H,24,29)(H,26,28). The molecule has 1 heterocycles. The first-order valence-corrected chi connectivity index (χ1v) is 9.54. The van der Waals surface area contributed by atoms with Gasteiger partial charge in [-0.25, -0.2) is 4.68 Å². The number of nitrogens with zero attached hydrogens (tertiary/aromatic N) is 2. The van der Waals surface area contributed by atoms with Crippen LogP contribution in [0.5, 0.6) is 0 Å². The number of carbonyl (C=O) groups is 2. The molecule has 6 heteroatoms. The number of amides is 2. The molecule has 0 radical (unpaired) electrons. The molecule has 29 heavy (non-hydrogen) atoms. The molecule has 0 aliphatic heterocycles. The van der Waals surface area contributed by atoms with E-state index in [2.05, 4.69) is 36.5 Å². The molecule has 3 aromatic rings. The fraction of sp³-hybridized carbons (Fsp3) is 0.261. The molecule has 150 valence electrons. The van der Waals surface area contributed by atoms with E-state index in [0.29, 0.717) is 11.3 Å². The van der Waals surface area contributed by atoms with E-state index in [4.69, 9.17) is 0 Å². The van der Waals surface area contributed by atoms with Gasteiger partial charge in [-0.15, -0.1) is 0 Å². The Labute approximate surface area is 170 Å². The highest BCUT2D eigenvalue weighted by molar-refractivity contribution is 5.99. The highest BCUT2D eigenvalue weighted by Crippen LogP contribution is 2.22. The zero-order valence-electron chi connectivity index (χ0n) is 17.2. The van der Waals surface area contributed by atoms with Gasteiger partial charge < -0.3 is 10.6 Å². The number of aryl methyl sites for hydroxylation is 1. The van der Waals surface area contributed by atoms with Crippen LogP contribution in [0.25, 0.3) is 5.69 Å². The molecule has 0 aliphatic carbocycles. The van der Waals surface area contributed by atoms with E-state index in [1.54, 1.807) is 29.1 Å². The van der Waals surface area contributed by atoms with Gasteiger partial charge in [0.1, 0.15) is 0 Å². The molecule has 0 fully saturated rings. The second kappa shape index (κ2) is 8.31. The summed E-state index contributed by atoms with van der Waals surface area (Å²) in [6.07, 6.45) is 1.73. The van der Waals surface area contributed by atoms with Crippen LogP contribution in [-0.2, 0) is 10.2 Å². The first-order valence-electron chi connectivity index (χ1n) is 9.54. The molecule has 0 saturated heterocycles. The fourth-order valence-corrected chi connectivity index (χ4v) is 2.94. The van der Waals surface area contributed by atoms with Crippen molar-refractivity contribution in [3.05, 3.63) is 77.6 Å². The van der Waals surface area contributed by atoms with Crippen LogP contribution < -0.4 is 10.6 Å². The lowest BCUT2D eigenvalue weighted by molar-refractivity contribution is -0.115. The van der Waals surface area contributed by atoms with Crippen molar-refractivity contribution in [2.45, 2.75) is 33.1 Å². The molecule has 3 rings (SSSR count). The number of anilines is 1. The van der Waals surface area contributed by atoms with Crippen molar-refractivity contribution in [3.8, 4) is 5.69 Å². The number of carbonyl (C=O) groups excluding carboxylic acids is 2. The molecule has 1 aromatic heterocycles. The van der Waals surface area contributed by atoms with Crippen LogP contribution in [0.3, 0.4) is 0 Å². The predicted molar refractivity (Wildman–Crippen MR) is 114 cm³/mol. The van der Waals surface area contributed by atoms with Gasteiger partial charge in [-0.05, 0) is 54.3 Å². The zero-order valence-corrected chi connectivity index (χ0v) is 17.2. The fourth-order valence-electron chi connectivity index (χ4n) is 2.94. The average Bonchev–Trinajstić information content (AvgIpc) is 3.12. The second-order valence-electron chi connectivity index (χ2n) is 7.99. The average molecular weight is 390 g/mol. The third-order valence-electron chi connectivity index (χ3n) is 4.63. The monoisotopic (exact) mass is 390 g/mol. The smallest absolute Gasteiger partial charge is 0.251 e. The van der Waals surface area contributed by atoms with Crippen LogP contribution in [0.2, 0.25) is 0 Å². The Kier molecular flexibility index (Phi) is 5.82. The lowest BCUT2D eigenvalue weighted by Gasteiger charge is -2.19. The number of nitrogens with one attached hydrogen (secondary N) is 2. The maximum atomic E-state index is 12.3. The van der Waals surface area contributed by atoms with E-state index in [9.17, 15) is 9.59 Å². The van der Waals surface area contributed by atoms with Gasteiger partial charge in [0, 0.05) is 23.1 Å². The quantitative estimate of drug-likeness (QED) is 0.695. The van der Waals surface area contributed by atoms with Gasteiger partial charge in [0.15, 0.2) is 0 Å². The molecular formula is C23H26N4O2. The predicted octanol–water partition coefficient (Wildman–Crippen LogP) is 3.85. The first kappa shape index (κ1) is 20.3. The van der Waals surface area contributed by atoms with Gasteiger partial charge in [-0.2, -0.15) is 5.10 Å². The third kappa shape index (κ3) is 5.10. The van der Waals surface area contributed by atoms with Gasteiger partial charge in [0.2, 0.25) is 5.91 Å². The van der Waals surface area contributed by atoms with Crippen LogP contribution in [-0.4, -0.2) is 28.1 Å². The molecule has 2 aromatic carbocycles. The van der Waals surface area contributed by atoms with Crippen molar-refractivity contribution in [2.24, 2.45) is 0 Å². The molecule has 0 aliphatic rings. The number of hydrogen-bond donors (Lipinski definition) is 2. The van der Waals surface area contributed by atoms with Crippen LogP contribution in [0.15, 0.2) is 60.8 Å². The lowest BCUT2D eigenvalue weighted by Crippen LogP contribution is -2.32. The molecule has 0 unspecified atom stereocenters. The third-order valence-corrected chi connectivity index (χ3v) is 4.63. The number of rotatable bonds is 5. The van der Waals surface area contributed by atoms with E-state index in [1.165, 1.54) is 0 Å². The maximum Gasteiger partial charge on any atom is 0.251 e. The molecular weight excluding hydrogens is 364 g/mol. The van der Waals surface area contributed by atoms with Gasteiger partial charge in [0.05, 0.1) is 12.2 Å². The van der Waals surface area contributed by atoms with Gasteiger partial charge in [0.25, 0.3) is 5.91 Å². The van der Waals surface area contributed by atoms with Crippen molar-refractivity contribution in [3.63, 3.8) is 0 Å². The zero-order chi connectivity index (χ0) is 21.0. The Morgan fingerprint density at radius 1 is 1.03 bits per heavy atom. The SMILES string of the molecule is Cc1ccnn1-c1cccc(NC(=O)CNC(=O)c2ccc(C(C)(C)C)cc2)c1. The number of aromatic nitrogens is 2. The van der Waals surface area contributed by atoms with Crippen LogP contribution >= 0.6 is 0 Å². The van der Waals surface area contributed by atoms with Gasteiger partial charge in [-0.1, -0.05) is 39.0 Å². The lowest BCUT2D eigenvalue weighted by atomic mass is 9.87. The highest BCUT2D eigenvalue weighted by atomic mass is 16.2. The molecule has 0 atom stereocenters. The van der Waals surface area contributed by atoms with Crippen molar-refractivity contribution < 1.29 is 9.59 Å². The Balaban J connectivity index is 1.57. The van der Waals surface area contributed by atoms with Crippen LogP contribution in [0, 0.1) is 6.92 Å². The Hall–Kier alpha value is -3.41. The van der Waals surface area contributed by atoms with E-state index < -0.39 is 0 Å². The summed E-state index contributed by atoms with van der Waals surface area (Å²) in [5.74, 6) is -0.569. The summed E-state index contributed by atoms with van der Waals surface area (Å²) >= 11 is 0. The minimum atomic E-state index is -0.293. The minimum absolute atomic E-state index is 0.0259. The van der Waals surface area contributed by atoms with E-state index in [0.717, 1.165) is 16.9 Å². The van der Waals surface area contributed by atoms with Crippen molar-refractivity contribution >= 4 is 17.5 Å². The molecule has 6 nitrogen and oxygen atoms in total. The largest absolute Gasteiger partial charge is 0.343 e. The van der Waals surface area contributed by atoms with E-state index in [-0.39, 0.29) is 23.8 Å². The Morgan fingerprint density at radius 2 is 1.76 bits per heavy atom. The molecule has 0 spiro atoms. The molecule has 2 amide bonds. The topological polar surface area (TPSA) is 76.0 Å². The first-order chi connectivity index (χ1) is 13.7. The number of hydrogen-bond acceptors (Lipinski definition) is 3. The van der Waals surface area contributed by atoms with E-state index in [1.807, 2.05) is 43.3 Å². The maximum absolute atomic E-state index is 12.3. The molecule has 2 N–H and O–H groups in total. The van der Waals surface area contributed by atoms with Crippen LogP contribution in [0.1, 0.15) is 42.4 Å². The number of benzene rings is 2. The minimum Gasteiger partial charge on any atom is -0.343 e. The summed E-state index contributed by atoms with van der Waals surface area (Å²) in [5.41, 5.74) is 4.21. The van der Waals surface area contributed by atoms with Gasteiger partial charge in [-0.3, -0.25) is 9.59 Å². The highest BCUT2D eigenvalue weighted by Gasteiger charge is 2.14. The van der Waals surface area contributed by atoms with Crippen molar-refractivity contribution in [1.29, 1.82) is 0 Å². The Morgan fingerprint density at radius 3 is 2.38 bits per heavy atom. The van der Waals surface area contributed by atoms with Crippen molar-refractivity contribution in [2.75, 3.05) is 11.9 Å². The second-order valence-corrected chi connectivity index (χ2v) is 7.99. The summed E-state index contributed by atoms with van der Waals surface area (Å²) in [7, 11) is 0. The summed E-state index contributed by atoms with van der Waals surface area (Å²) in [4.78, 5) is 24.6. The normalized spacial score (nSPS) is 11.2. The summed E-state index contributed by atoms with van der Waals surface area (Å²) in [6, 6.07) is 16.8. The van der Waals surface area contributed by atoms with Crippen molar-refractivity contribution in [1.82, 2.24) is 15.1 Å². The Bertz CT molecular complexity index is 1010. The molecule has 0 bridgehead atoms. The summed E-state index contributed by atoms with van der Waals surface area (Å²) < 4.78 is 1.79. The summed E-state index contributed by atoms with van der Waals surface area (Å²) in [6.45, 7) is 8.21. The van der Waals surface area contributed by atoms with Crippen LogP contribution in [0.4, 0.5) is 5.69 Å². The van der Waals surface area contributed by atoms with Gasteiger partial charge >= 0.3 is 0 Å². The molecule has 0 saturated carbocycles.